The molecule has 0 aromatic heterocycles. The molecule has 1 aliphatic carbocycles. The fourth-order valence-electron chi connectivity index (χ4n) is 9.66. The Morgan fingerprint density at radius 3 is 1.28 bits per heavy atom. The fourth-order valence-corrected chi connectivity index (χ4v) is 10.2. The molecule has 0 heterocycles. The molecular weight excluding hydrogens is 704 g/mol. The molecule has 1 aliphatic rings. The second-order valence-corrected chi connectivity index (χ2v) is 15.3. The van der Waals surface area contributed by atoms with Crippen LogP contribution in [-0.2, 0) is 0 Å². The van der Waals surface area contributed by atoms with Crippen LogP contribution in [0.4, 0.5) is 0 Å². The summed E-state index contributed by atoms with van der Waals surface area (Å²) in [6.45, 7) is 0. The number of benzene rings is 11. The summed E-state index contributed by atoms with van der Waals surface area (Å²) < 4.78 is 1.11. The molecule has 0 saturated heterocycles. The average molecular weight is 734 g/mol. The van der Waals surface area contributed by atoms with Gasteiger partial charge in [-0.15, -0.1) is 0 Å². The van der Waals surface area contributed by atoms with Gasteiger partial charge in [0.05, 0.1) is 0 Å². The third kappa shape index (κ3) is 3.95. The lowest BCUT2D eigenvalue weighted by molar-refractivity contribution is 1.62. The predicted octanol–water partition coefficient (Wildman–Crippen LogP) is 15.5. The van der Waals surface area contributed by atoms with Crippen LogP contribution in [0, 0.1) is 0 Å². The minimum atomic E-state index is 1.11. The Hall–Kier alpha value is -6.28. The lowest BCUT2D eigenvalue weighted by Gasteiger charge is -2.19. The Morgan fingerprint density at radius 2 is 0.698 bits per heavy atom. The van der Waals surface area contributed by atoms with Gasteiger partial charge >= 0.3 is 0 Å². The molecule has 0 saturated carbocycles. The van der Waals surface area contributed by atoms with Crippen LogP contribution >= 0.6 is 15.9 Å². The SMILES string of the molecule is Brc1ccccc1-c1ccc2c3ccc4c5c(ccc(c6cccc1c62)c53)-c1cc2c(-c3ccccc3)c3ccccc3c(-c3ccccc3)c2cc1-4. The zero-order valence-corrected chi connectivity index (χ0v) is 30.2. The molecule has 11 aromatic rings. The third-order valence-corrected chi connectivity index (χ3v) is 12.5. The van der Waals surface area contributed by atoms with Gasteiger partial charge < -0.3 is 0 Å². The van der Waals surface area contributed by atoms with Crippen molar-refractivity contribution in [2.24, 2.45) is 0 Å². The van der Waals surface area contributed by atoms with Gasteiger partial charge in [0.15, 0.2) is 0 Å². The number of hydrogen-bond donors (Lipinski definition) is 0. The van der Waals surface area contributed by atoms with Crippen LogP contribution in [-0.4, -0.2) is 0 Å². The van der Waals surface area contributed by atoms with Crippen molar-refractivity contribution in [3.05, 3.63) is 180 Å². The molecule has 53 heavy (non-hydrogen) atoms. The van der Waals surface area contributed by atoms with Crippen molar-refractivity contribution in [3.63, 3.8) is 0 Å². The maximum Gasteiger partial charge on any atom is 0.0253 e. The largest absolute Gasteiger partial charge is 0.0622 e. The molecule has 11 aromatic carbocycles. The van der Waals surface area contributed by atoms with E-state index in [2.05, 4.69) is 192 Å². The molecule has 0 N–H and O–H groups in total. The lowest BCUT2D eigenvalue weighted by atomic mass is 9.84. The minimum Gasteiger partial charge on any atom is -0.0622 e. The Kier molecular flexibility index (Phi) is 6.01. The monoisotopic (exact) mass is 732 g/mol. The van der Waals surface area contributed by atoms with Gasteiger partial charge in [-0.3, -0.25) is 0 Å². The zero-order valence-electron chi connectivity index (χ0n) is 28.6. The second kappa shape index (κ2) is 10.9. The van der Waals surface area contributed by atoms with E-state index >= 15 is 0 Å². The third-order valence-electron chi connectivity index (χ3n) is 11.8. The van der Waals surface area contributed by atoms with Gasteiger partial charge in [-0.05, 0) is 138 Å². The maximum absolute atomic E-state index is 3.84. The molecule has 0 fully saturated rings. The molecule has 0 radical (unpaired) electrons. The second-order valence-electron chi connectivity index (χ2n) is 14.4. The minimum absolute atomic E-state index is 1.11. The van der Waals surface area contributed by atoms with E-state index in [-0.39, 0.29) is 0 Å². The van der Waals surface area contributed by atoms with Crippen molar-refractivity contribution in [2.75, 3.05) is 0 Å². The molecule has 0 atom stereocenters. The van der Waals surface area contributed by atoms with E-state index in [9.17, 15) is 0 Å². The molecule has 0 amide bonds. The molecule has 0 aliphatic heterocycles. The van der Waals surface area contributed by atoms with E-state index in [0.29, 0.717) is 0 Å². The van der Waals surface area contributed by atoms with Crippen LogP contribution in [0.3, 0.4) is 0 Å². The first-order valence-corrected chi connectivity index (χ1v) is 19.1. The van der Waals surface area contributed by atoms with Crippen molar-refractivity contribution < 1.29 is 0 Å². The van der Waals surface area contributed by atoms with Crippen LogP contribution in [0.15, 0.2) is 180 Å². The number of hydrogen-bond acceptors (Lipinski definition) is 0. The summed E-state index contributed by atoms with van der Waals surface area (Å²) in [5.74, 6) is 0. The first-order chi connectivity index (χ1) is 26.2. The Labute approximate surface area is 315 Å². The maximum atomic E-state index is 3.84. The summed E-state index contributed by atoms with van der Waals surface area (Å²) in [5, 5.41) is 15.8. The van der Waals surface area contributed by atoms with Crippen LogP contribution in [0.2, 0.25) is 0 Å². The van der Waals surface area contributed by atoms with E-state index in [1.165, 1.54) is 120 Å². The van der Waals surface area contributed by atoms with Crippen LogP contribution in [0.5, 0.6) is 0 Å². The smallest absolute Gasteiger partial charge is 0.0253 e. The van der Waals surface area contributed by atoms with Gasteiger partial charge in [0.1, 0.15) is 0 Å². The highest BCUT2D eigenvalue weighted by Crippen LogP contribution is 2.55. The van der Waals surface area contributed by atoms with E-state index in [4.69, 9.17) is 0 Å². The standard InChI is InChI=1S/C52H29Br/c53-47-21-10-9-16-33(47)32-22-23-38-40-25-27-42-44-29-46-45(28-43(44)41-26-24-39(51(40)52(41)42)37-20-11-19-34(32)50(37)38)48(30-12-3-1-4-13-30)35-17-7-8-18-36(35)49(46)31-14-5-2-6-15-31/h1-29H. The highest BCUT2D eigenvalue weighted by molar-refractivity contribution is 9.10. The quantitative estimate of drug-likeness (QED) is 0.125. The van der Waals surface area contributed by atoms with E-state index < -0.39 is 0 Å². The van der Waals surface area contributed by atoms with Gasteiger partial charge in [0.2, 0.25) is 0 Å². The molecule has 12 rings (SSSR count). The molecule has 0 bridgehead atoms. The van der Waals surface area contributed by atoms with Gasteiger partial charge in [-0.25, -0.2) is 0 Å². The van der Waals surface area contributed by atoms with Crippen LogP contribution in [0.1, 0.15) is 0 Å². The Bertz CT molecular complexity index is 3160. The van der Waals surface area contributed by atoms with Crippen molar-refractivity contribution >= 4 is 80.6 Å². The van der Waals surface area contributed by atoms with Gasteiger partial charge in [0, 0.05) is 4.47 Å². The Balaban J connectivity index is 1.21. The van der Waals surface area contributed by atoms with Crippen LogP contribution < -0.4 is 0 Å². The number of fused-ring (bicyclic) bond motifs is 7. The van der Waals surface area contributed by atoms with Gasteiger partial charge in [-0.1, -0.05) is 174 Å². The molecule has 244 valence electrons. The highest BCUT2D eigenvalue weighted by atomic mass is 79.9. The Morgan fingerprint density at radius 1 is 0.245 bits per heavy atom. The first kappa shape index (κ1) is 29.3. The summed E-state index contributed by atoms with van der Waals surface area (Å²) in [6, 6.07) is 65.5. The molecule has 0 nitrogen and oxygen atoms in total. The summed E-state index contributed by atoms with van der Waals surface area (Å²) in [5.41, 5.74) is 12.8. The molecule has 1 heteroatoms. The topological polar surface area (TPSA) is 0 Å². The first-order valence-electron chi connectivity index (χ1n) is 18.3. The lowest BCUT2D eigenvalue weighted by Crippen LogP contribution is -1.92. The normalized spacial score (nSPS) is 12.2. The summed E-state index contributed by atoms with van der Waals surface area (Å²) in [4.78, 5) is 0. The fraction of sp³-hybridized carbons (Fsp3) is 0. The predicted molar refractivity (Wildman–Crippen MR) is 231 cm³/mol. The van der Waals surface area contributed by atoms with Gasteiger partial charge in [-0.2, -0.15) is 0 Å². The van der Waals surface area contributed by atoms with Gasteiger partial charge in [0.25, 0.3) is 0 Å². The van der Waals surface area contributed by atoms with Crippen LogP contribution in [0.25, 0.3) is 120 Å². The van der Waals surface area contributed by atoms with E-state index in [1.54, 1.807) is 0 Å². The number of halogens is 1. The summed E-state index contributed by atoms with van der Waals surface area (Å²) >= 11 is 3.84. The average Bonchev–Trinajstić information content (AvgIpc) is 3.53. The van der Waals surface area contributed by atoms with Crippen molar-refractivity contribution in [2.45, 2.75) is 0 Å². The van der Waals surface area contributed by atoms with Crippen molar-refractivity contribution in [1.29, 1.82) is 0 Å². The summed E-state index contributed by atoms with van der Waals surface area (Å²) in [7, 11) is 0. The van der Waals surface area contributed by atoms with Crippen molar-refractivity contribution in [1.82, 2.24) is 0 Å². The molecular formula is C52H29Br. The van der Waals surface area contributed by atoms with E-state index in [1.807, 2.05) is 0 Å². The number of rotatable bonds is 3. The van der Waals surface area contributed by atoms with Crippen molar-refractivity contribution in [3.8, 4) is 55.6 Å². The molecule has 0 spiro atoms. The summed E-state index contributed by atoms with van der Waals surface area (Å²) in [6.07, 6.45) is 0. The zero-order chi connectivity index (χ0) is 34.8. The molecule has 0 unspecified atom stereocenters. The highest BCUT2D eigenvalue weighted by Gasteiger charge is 2.28. The van der Waals surface area contributed by atoms with E-state index in [0.717, 1.165) is 4.47 Å².